The van der Waals surface area contributed by atoms with Gasteiger partial charge in [-0.3, -0.25) is 9.48 Å². The fourth-order valence-electron chi connectivity index (χ4n) is 4.97. The molecule has 2 aliphatic rings. The minimum absolute atomic E-state index is 0.437. The number of fused-ring (bicyclic) bond motifs is 3. The molecule has 0 spiro atoms. The molecule has 8 nitrogen and oxygen atoms in total. The number of morpholine rings is 1. The third kappa shape index (κ3) is 4.65. The summed E-state index contributed by atoms with van der Waals surface area (Å²) in [6, 6.07) is 15.6. The second-order valence-corrected chi connectivity index (χ2v) is 9.53. The third-order valence-corrected chi connectivity index (χ3v) is 7.14. The number of benzene rings is 2. The summed E-state index contributed by atoms with van der Waals surface area (Å²) in [5.41, 5.74) is 12.7. The Hall–Kier alpha value is -3.88. The van der Waals surface area contributed by atoms with Crippen LogP contribution in [0.1, 0.15) is 21.5 Å². The van der Waals surface area contributed by atoms with E-state index in [1.165, 1.54) is 0 Å². The number of amides is 1. The second-order valence-electron chi connectivity index (χ2n) is 9.13. The largest absolute Gasteiger partial charge is 0.490 e. The summed E-state index contributed by atoms with van der Waals surface area (Å²) in [5.74, 6) is 0.112. The molecule has 0 unspecified atom stereocenters. The SMILES string of the molecule is NC(=O)c1cc(-c2ccc(OCCn3cccn3)c(Cl)c2)nc2c1Cc1cc(N3CCOCC3)ccc1-2. The molecule has 1 saturated heterocycles. The van der Waals surface area contributed by atoms with Crippen LogP contribution in [0.2, 0.25) is 5.02 Å². The first-order valence-corrected chi connectivity index (χ1v) is 12.6. The molecule has 4 aromatic rings. The highest BCUT2D eigenvalue weighted by molar-refractivity contribution is 6.32. The number of nitrogens with two attached hydrogens (primary N) is 1. The molecule has 6 rings (SSSR count). The zero-order valence-corrected chi connectivity index (χ0v) is 20.9. The van der Waals surface area contributed by atoms with Gasteiger partial charge in [-0.1, -0.05) is 17.7 Å². The molecule has 1 amide bonds. The fraction of sp³-hybridized carbons (Fsp3) is 0.250. The minimum atomic E-state index is -0.467. The maximum atomic E-state index is 12.5. The summed E-state index contributed by atoms with van der Waals surface area (Å²) in [5, 5.41) is 4.64. The van der Waals surface area contributed by atoms with Gasteiger partial charge in [-0.05, 0) is 53.6 Å². The Labute approximate surface area is 219 Å². The van der Waals surface area contributed by atoms with E-state index < -0.39 is 5.91 Å². The van der Waals surface area contributed by atoms with Crippen LogP contribution in [0.5, 0.6) is 5.75 Å². The number of pyridine rings is 1. The van der Waals surface area contributed by atoms with Crippen LogP contribution in [0, 0.1) is 0 Å². The van der Waals surface area contributed by atoms with Crippen LogP contribution >= 0.6 is 11.6 Å². The molecule has 1 fully saturated rings. The topological polar surface area (TPSA) is 95.5 Å². The van der Waals surface area contributed by atoms with Crippen molar-refractivity contribution in [3.8, 4) is 28.3 Å². The Morgan fingerprint density at radius 1 is 1.14 bits per heavy atom. The normalized spacial score (nSPS) is 14.4. The number of hydrogen-bond donors (Lipinski definition) is 1. The van der Waals surface area contributed by atoms with Crippen LogP contribution in [0.25, 0.3) is 22.5 Å². The molecule has 37 heavy (non-hydrogen) atoms. The van der Waals surface area contributed by atoms with Gasteiger partial charge in [0.2, 0.25) is 5.91 Å². The van der Waals surface area contributed by atoms with Gasteiger partial charge in [0, 0.05) is 54.3 Å². The number of aromatic nitrogens is 3. The first-order chi connectivity index (χ1) is 18.1. The Morgan fingerprint density at radius 2 is 2.00 bits per heavy atom. The van der Waals surface area contributed by atoms with Gasteiger partial charge in [-0.2, -0.15) is 5.10 Å². The number of hydrogen-bond acceptors (Lipinski definition) is 6. The summed E-state index contributed by atoms with van der Waals surface area (Å²) in [6.07, 6.45) is 4.23. The van der Waals surface area contributed by atoms with Gasteiger partial charge < -0.3 is 20.1 Å². The standard InChI is InChI=1S/C28H26ClN5O3/c29-24-16-18(2-5-26(24)37-13-10-34-7-1-6-31-34)25-17-23(28(30)35)22-15-19-14-20(33-8-11-36-12-9-33)3-4-21(19)27(22)32-25/h1-7,14,16-17H,8-13,15H2,(H2,30,35). The molecular weight excluding hydrogens is 490 g/mol. The molecule has 2 aromatic carbocycles. The lowest BCUT2D eigenvalue weighted by Crippen LogP contribution is -2.36. The number of primary amides is 1. The highest BCUT2D eigenvalue weighted by atomic mass is 35.5. The lowest BCUT2D eigenvalue weighted by molar-refractivity contribution is 0.0999. The van der Waals surface area contributed by atoms with Crippen molar-refractivity contribution in [2.45, 2.75) is 13.0 Å². The fourth-order valence-corrected chi connectivity index (χ4v) is 5.20. The molecular formula is C28H26ClN5O3. The molecule has 1 aliphatic heterocycles. The zero-order valence-electron chi connectivity index (χ0n) is 20.2. The van der Waals surface area contributed by atoms with Gasteiger partial charge in [0.05, 0.1) is 36.2 Å². The van der Waals surface area contributed by atoms with E-state index in [2.05, 4.69) is 28.2 Å². The van der Waals surface area contributed by atoms with Crippen molar-refractivity contribution in [3.05, 3.63) is 82.6 Å². The van der Waals surface area contributed by atoms with Gasteiger partial charge in [0.15, 0.2) is 0 Å². The van der Waals surface area contributed by atoms with E-state index in [1.54, 1.807) is 16.9 Å². The van der Waals surface area contributed by atoms with E-state index in [1.807, 2.05) is 30.5 Å². The number of anilines is 1. The first-order valence-electron chi connectivity index (χ1n) is 12.3. The molecule has 3 heterocycles. The molecule has 0 atom stereocenters. The van der Waals surface area contributed by atoms with Crippen LogP contribution in [0.3, 0.4) is 0 Å². The number of carbonyl (C=O) groups is 1. The van der Waals surface area contributed by atoms with Crippen molar-refractivity contribution in [2.24, 2.45) is 5.73 Å². The number of ether oxygens (including phenoxy) is 2. The summed E-state index contributed by atoms with van der Waals surface area (Å²) in [6.45, 7) is 4.24. The Kier molecular flexibility index (Phi) is 6.28. The van der Waals surface area contributed by atoms with E-state index in [4.69, 9.17) is 31.8 Å². The van der Waals surface area contributed by atoms with Gasteiger partial charge >= 0.3 is 0 Å². The van der Waals surface area contributed by atoms with Crippen LogP contribution in [-0.2, 0) is 17.7 Å². The van der Waals surface area contributed by atoms with Crippen molar-refractivity contribution >= 4 is 23.2 Å². The van der Waals surface area contributed by atoms with Crippen molar-refractivity contribution < 1.29 is 14.3 Å². The Morgan fingerprint density at radius 3 is 2.76 bits per heavy atom. The Bertz CT molecular complexity index is 1470. The highest BCUT2D eigenvalue weighted by Crippen LogP contribution is 2.41. The average Bonchev–Trinajstić information content (AvgIpc) is 3.57. The zero-order chi connectivity index (χ0) is 25.4. The van der Waals surface area contributed by atoms with E-state index in [9.17, 15) is 4.79 Å². The van der Waals surface area contributed by atoms with Crippen molar-refractivity contribution in [1.29, 1.82) is 0 Å². The molecule has 188 valence electrons. The van der Waals surface area contributed by atoms with Crippen LogP contribution in [-0.4, -0.2) is 53.6 Å². The third-order valence-electron chi connectivity index (χ3n) is 6.84. The second kappa shape index (κ2) is 9.88. The molecule has 1 aliphatic carbocycles. The van der Waals surface area contributed by atoms with Gasteiger partial charge in [0.1, 0.15) is 12.4 Å². The molecule has 9 heteroatoms. The van der Waals surface area contributed by atoms with E-state index >= 15 is 0 Å². The molecule has 2 aromatic heterocycles. The van der Waals surface area contributed by atoms with Crippen molar-refractivity contribution in [3.63, 3.8) is 0 Å². The van der Waals surface area contributed by atoms with Gasteiger partial charge in [-0.25, -0.2) is 4.98 Å². The number of halogens is 1. The Balaban J connectivity index is 1.29. The average molecular weight is 516 g/mol. The van der Waals surface area contributed by atoms with Crippen molar-refractivity contribution in [1.82, 2.24) is 14.8 Å². The number of nitrogens with zero attached hydrogens (tertiary/aromatic N) is 4. The van der Waals surface area contributed by atoms with E-state index in [0.717, 1.165) is 59.9 Å². The highest BCUT2D eigenvalue weighted by Gasteiger charge is 2.27. The van der Waals surface area contributed by atoms with E-state index in [-0.39, 0.29) is 0 Å². The summed E-state index contributed by atoms with van der Waals surface area (Å²) < 4.78 is 13.1. The molecule has 2 N–H and O–H groups in total. The van der Waals surface area contributed by atoms with Crippen molar-refractivity contribution in [2.75, 3.05) is 37.8 Å². The predicted octanol–water partition coefficient (Wildman–Crippen LogP) is 4.18. The smallest absolute Gasteiger partial charge is 0.249 e. The maximum Gasteiger partial charge on any atom is 0.249 e. The van der Waals surface area contributed by atoms with E-state index in [0.29, 0.717) is 41.6 Å². The van der Waals surface area contributed by atoms with Crippen LogP contribution in [0.4, 0.5) is 5.69 Å². The summed E-state index contributed by atoms with van der Waals surface area (Å²) >= 11 is 6.55. The quantitative estimate of drug-likeness (QED) is 0.349. The molecule has 0 bridgehead atoms. The maximum absolute atomic E-state index is 12.5. The molecule has 0 saturated carbocycles. The van der Waals surface area contributed by atoms with Gasteiger partial charge in [0.25, 0.3) is 0 Å². The number of rotatable bonds is 7. The minimum Gasteiger partial charge on any atom is -0.490 e. The monoisotopic (exact) mass is 515 g/mol. The lowest BCUT2D eigenvalue weighted by Gasteiger charge is -2.29. The number of carbonyl (C=O) groups excluding carboxylic acids is 1. The van der Waals surface area contributed by atoms with Gasteiger partial charge in [-0.15, -0.1) is 0 Å². The predicted molar refractivity (Wildman–Crippen MR) is 142 cm³/mol. The lowest BCUT2D eigenvalue weighted by atomic mass is 10.0. The first kappa shape index (κ1) is 23.5. The molecule has 0 radical (unpaired) electrons. The van der Waals surface area contributed by atoms with Crippen LogP contribution < -0.4 is 15.4 Å². The summed E-state index contributed by atoms with van der Waals surface area (Å²) in [4.78, 5) is 19.8. The summed E-state index contributed by atoms with van der Waals surface area (Å²) in [7, 11) is 0. The van der Waals surface area contributed by atoms with Crippen LogP contribution in [0.15, 0.2) is 60.9 Å².